The first-order valence-electron chi connectivity index (χ1n) is 21.4. The molecule has 0 unspecified atom stereocenters. The van der Waals surface area contributed by atoms with E-state index in [9.17, 15) is 0 Å². The highest BCUT2D eigenvalue weighted by atomic mass is 14.8. The van der Waals surface area contributed by atoms with E-state index in [2.05, 4.69) is 89.6 Å². The van der Waals surface area contributed by atoms with Gasteiger partial charge in [0.2, 0.25) is 0 Å². The lowest BCUT2D eigenvalue weighted by atomic mass is 9.97. The first-order chi connectivity index (χ1) is 25.3. The van der Waals surface area contributed by atoms with Gasteiger partial charge in [0.25, 0.3) is 0 Å². The minimum absolute atomic E-state index is 1.07. The molecule has 282 valence electrons. The van der Waals surface area contributed by atoms with Crippen molar-refractivity contribution in [1.29, 1.82) is 0 Å². The molecule has 5 rings (SSSR count). The summed E-state index contributed by atoms with van der Waals surface area (Å²) in [6.07, 6.45) is 24.5. The molecule has 0 amide bonds. The first-order valence-corrected chi connectivity index (χ1v) is 21.4. The molecule has 4 nitrogen and oxygen atoms in total. The van der Waals surface area contributed by atoms with Crippen LogP contribution in [0.4, 0.5) is 0 Å². The van der Waals surface area contributed by atoms with E-state index < -0.39 is 0 Å². The summed E-state index contributed by atoms with van der Waals surface area (Å²) in [7, 11) is 0. The molecule has 52 heavy (non-hydrogen) atoms. The Labute approximate surface area is 316 Å². The Morgan fingerprint density at radius 2 is 0.750 bits per heavy atom. The lowest BCUT2D eigenvalue weighted by Crippen LogP contribution is -1.89. The summed E-state index contributed by atoms with van der Waals surface area (Å²) < 4.78 is 0. The zero-order chi connectivity index (χ0) is 37.0. The summed E-state index contributed by atoms with van der Waals surface area (Å²) in [5, 5.41) is 0. The van der Waals surface area contributed by atoms with Crippen molar-refractivity contribution in [2.75, 3.05) is 0 Å². The van der Waals surface area contributed by atoms with E-state index in [4.69, 9.17) is 9.97 Å². The molecule has 0 aliphatic carbocycles. The average Bonchev–Trinajstić information content (AvgIpc) is 3.79. The maximum atomic E-state index is 5.43. The van der Waals surface area contributed by atoms with Gasteiger partial charge in [-0.3, -0.25) is 0 Å². The molecule has 8 bridgehead atoms. The lowest BCUT2D eigenvalue weighted by Gasteiger charge is -2.06. The van der Waals surface area contributed by atoms with Gasteiger partial charge in [0, 0.05) is 22.1 Å². The summed E-state index contributed by atoms with van der Waals surface area (Å²) in [6.45, 7) is 18.5. The molecule has 0 radical (unpaired) electrons. The molecular weight excluding hydrogens is 633 g/mol. The number of aromatic amines is 2. The van der Waals surface area contributed by atoms with Crippen molar-refractivity contribution in [2.24, 2.45) is 0 Å². The lowest BCUT2D eigenvalue weighted by molar-refractivity contribution is 0.667. The van der Waals surface area contributed by atoms with Crippen molar-refractivity contribution < 1.29 is 0 Å². The first kappa shape index (κ1) is 39.8. The fraction of sp³-hybridized carbons (Fsp3) is 0.583. The van der Waals surface area contributed by atoms with E-state index >= 15 is 0 Å². The summed E-state index contributed by atoms with van der Waals surface area (Å²) in [5.41, 5.74) is 20.5. The van der Waals surface area contributed by atoms with Crippen LogP contribution in [0.5, 0.6) is 0 Å². The maximum Gasteiger partial charge on any atom is 0.0693 e. The molecule has 3 aromatic heterocycles. The zero-order valence-corrected chi connectivity index (χ0v) is 34.3. The molecule has 0 aromatic carbocycles. The molecule has 3 aromatic rings. The molecule has 0 atom stereocenters. The second-order valence-corrected chi connectivity index (χ2v) is 15.9. The van der Waals surface area contributed by atoms with Crippen LogP contribution in [0.3, 0.4) is 0 Å². The van der Waals surface area contributed by atoms with Crippen LogP contribution < -0.4 is 0 Å². The van der Waals surface area contributed by atoms with E-state index in [1.54, 1.807) is 0 Å². The minimum Gasteiger partial charge on any atom is -0.355 e. The quantitative estimate of drug-likeness (QED) is 0.115. The van der Waals surface area contributed by atoms with Crippen molar-refractivity contribution >= 4 is 44.4 Å². The van der Waals surface area contributed by atoms with Gasteiger partial charge in [0.15, 0.2) is 0 Å². The molecular formula is C48H70N4. The van der Waals surface area contributed by atoms with Crippen LogP contribution in [0.1, 0.15) is 202 Å². The largest absolute Gasteiger partial charge is 0.355 e. The van der Waals surface area contributed by atoms with E-state index in [0.717, 1.165) is 48.5 Å². The molecule has 4 heteroatoms. The number of hydrogen-bond acceptors (Lipinski definition) is 2. The topological polar surface area (TPSA) is 57.4 Å². The molecule has 0 saturated carbocycles. The van der Waals surface area contributed by atoms with Crippen LogP contribution in [0, 0.1) is 13.8 Å². The van der Waals surface area contributed by atoms with Crippen molar-refractivity contribution in [3.8, 4) is 0 Å². The van der Waals surface area contributed by atoms with Crippen LogP contribution in [0.2, 0.25) is 0 Å². The summed E-state index contributed by atoms with van der Waals surface area (Å²) in [6, 6.07) is 9.48. The number of unbranched alkanes of at least 4 members (excludes halogenated alkanes) is 12. The Morgan fingerprint density at radius 1 is 0.385 bits per heavy atom. The van der Waals surface area contributed by atoms with Crippen LogP contribution in [0.15, 0.2) is 24.3 Å². The highest BCUT2D eigenvalue weighted by Crippen LogP contribution is 2.38. The van der Waals surface area contributed by atoms with Crippen molar-refractivity contribution in [3.05, 3.63) is 69.3 Å². The number of H-pyrrole nitrogens is 2. The smallest absolute Gasteiger partial charge is 0.0693 e. The SMILES string of the molecule is CCCCCCC1=C(C)c2cc3nc(cc4[nH]c(cc5[nH]c(cc1n2)c(CCCCCC)c5C)c(C)c4CCCCCC)C(CCCCCC)=C3C. The van der Waals surface area contributed by atoms with Crippen molar-refractivity contribution in [2.45, 2.75) is 184 Å². The van der Waals surface area contributed by atoms with E-state index in [-0.39, 0.29) is 0 Å². The number of nitrogens with one attached hydrogen (secondary N) is 2. The summed E-state index contributed by atoms with van der Waals surface area (Å²) in [4.78, 5) is 18.8. The molecule has 0 spiro atoms. The Bertz CT molecular complexity index is 1740. The standard InChI is InChI=1S/C48H70N4/c1-9-13-17-21-25-37-33(5)41-29-42-35(7)39(27-23-19-15-11-3)47(51-42)32-48-40(28-24-20-16-12-4)36(8)44(52-48)30-43-34(6)38(26-22-18-14-10-2)46(50-43)31-45(37)49-41/h29-32,49,51H,9-28H2,1-8H3. The third-order valence-corrected chi connectivity index (χ3v) is 11.9. The molecule has 2 aliphatic heterocycles. The Kier molecular flexibility index (Phi) is 15.0. The van der Waals surface area contributed by atoms with Gasteiger partial charge >= 0.3 is 0 Å². The Morgan fingerprint density at radius 3 is 1.12 bits per heavy atom. The third-order valence-electron chi connectivity index (χ3n) is 11.9. The molecule has 0 fully saturated rings. The Balaban J connectivity index is 1.79. The predicted molar refractivity (Wildman–Crippen MR) is 229 cm³/mol. The van der Waals surface area contributed by atoms with Gasteiger partial charge in [0.05, 0.1) is 22.8 Å². The van der Waals surface area contributed by atoms with Gasteiger partial charge in [-0.05, 0) is 148 Å². The fourth-order valence-corrected chi connectivity index (χ4v) is 8.41. The molecule has 2 aliphatic rings. The minimum atomic E-state index is 1.07. The predicted octanol–water partition coefficient (Wildman–Crippen LogP) is 15.0. The van der Waals surface area contributed by atoms with Gasteiger partial charge in [-0.2, -0.15) is 0 Å². The number of fused-ring (bicyclic) bond motifs is 8. The van der Waals surface area contributed by atoms with Gasteiger partial charge in [-0.15, -0.1) is 0 Å². The van der Waals surface area contributed by atoms with Gasteiger partial charge in [-0.1, -0.05) is 105 Å². The van der Waals surface area contributed by atoms with Gasteiger partial charge in [-0.25, -0.2) is 9.97 Å². The number of nitrogens with zero attached hydrogens (tertiary/aromatic N) is 2. The second-order valence-electron chi connectivity index (χ2n) is 15.9. The average molecular weight is 703 g/mol. The monoisotopic (exact) mass is 703 g/mol. The number of aromatic nitrogens is 4. The highest BCUT2D eigenvalue weighted by molar-refractivity contribution is 5.95. The van der Waals surface area contributed by atoms with Gasteiger partial charge < -0.3 is 9.97 Å². The van der Waals surface area contributed by atoms with Crippen LogP contribution in [-0.4, -0.2) is 19.9 Å². The molecule has 5 heterocycles. The van der Waals surface area contributed by atoms with Crippen molar-refractivity contribution in [3.63, 3.8) is 0 Å². The van der Waals surface area contributed by atoms with Crippen molar-refractivity contribution in [1.82, 2.24) is 19.9 Å². The number of rotatable bonds is 20. The van der Waals surface area contributed by atoms with E-state index in [1.807, 2.05) is 0 Å². The van der Waals surface area contributed by atoms with Crippen LogP contribution in [0.25, 0.3) is 44.4 Å². The van der Waals surface area contributed by atoms with Crippen LogP contribution in [-0.2, 0) is 12.8 Å². The second kappa shape index (κ2) is 19.6. The van der Waals surface area contributed by atoms with Gasteiger partial charge in [0.1, 0.15) is 0 Å². The number of hydrogen-bond donors (Lipinski definition) is 2. The summed E-state index contributed by atoms with van der Waals surface area (Å²) in [5.74, 6) is 0. The summed E-state index contributed by atoms with van der Waals surface area (Å²) >= 11 is 0. The van der Waals surface area contributed by atoms with E-state index in [0.29, 0.717) is 0 Å². The number of aryl methyl sites for hydroxylation is 4. The van der Waals surface area contributed by atoms with Crippen LogP contribution >= 0.6 is 0 Å². The molecule has 2 N–H and O–H groups in total. The normalized spacial score (nSPS) is 13.2. The maximum absolute atomic E-state index is 5.43. The Hall–Kier alpha value is -3.40. The fourth-order valence-electron chi connectivity index (χ4n) is 8.41. The third kappa shape index (κ3) is 9.57. The number of allylic oxidation sites excluding steroid dienone is 4. The molecule has 0 saturated heterocycles. The zero-order valence-electron chi connectivity index (χ0n) is 34.3. The van der Waals surface area contributed by atoms with E-state index in [1.165, 1.54) is 169 Å². The highest BCUT2D eigenvalue weighted by Gasteiger charge is 2.22.